The molecule has 1 saturated carbocycles. The quantitative estimate of drug-likeness (QED) is 0.862. The fourth-order valence-electron chi connectivity index (χ4n) is 2.71. The van der Waals surface area contributed by atoms with Crippen molar-refractivity contribution in [3.05, 3.63) is 35.4 Å². The van der Waals surface area contributed by atoms with E-state index in [0.29, 0.717) is 18.2 Å². The number of halogens is 2. The molecule has 0 heterocycles. The molecule has 3 atom stereocenters. The van der Waals surface area contributed by atoms with Crippen molar-refractivity contribution in [1.82, 2.24) is 5.32 Å². The van der Waals surface area contributed by atoms with Crippen molar-refractivity contribution in [1.29, 1.82) is 0 Å². The van der Waals surface area contributed by atoms with Crippen LogP contribution in [0.4, 0.5) is 8.78 Å². The second-order valence-corrected chi connectivity index (χ2v) is 5.62. The Bertz CT molecular complexity index is 385. The van der Waals surface area contributed by atoms with Gasteiger partial charge in [0.2, 0.25) is 0 Å². The van der Waals surface area contributed by atoms with Crippen LogP contribution in [0.3, 0.4) is 0 Å². The van der Waals surface area contributed by atoms with Gasteiger partial charge in [-0.3, -0.25) is 0 Å². The van der Waals surface area contributed by atoms with Crippen molar-refractivity contribution in [2.75, 3.05) is 0 Å². The fraction of sp³-hybridized carbons (Fsp3) is 0.600. The Morgan fingerprint density at radius 1 is 1.06 bits per heavy atom. The summed E-state index contributed by atoms with van der Waals surface area (Å²) in [6.45, 7) is 5.11. The first-order valence-electron chi connectivity index (χ1n) is 6.73. The van der Waals surface area contributed by atoms with Crippen molar-refractivity contribution >= 4 is 0 Å². The highest BCUT2D eigenvalue weighted by Gasteiger charge is 2.23. The van der Waals surface area contributed by atoms with E-state index in [0.717, 1.165) is 30.7 Å². The van der Waals surface area contributed by atoms with Crippen LogP contribution in [-0.2, 0) is 6.54 Å². The summed E-state index contributed by atoms with van der Waals surface area (Å²) in [6, 6.07) is 4.17. The largest absolute Gasteiger partial charge is 0.310 e. The number of hydrogen-bond acceptors (Lipinski definition) is 1. The lowest BCUT2D eigenvalue weighted by Gasteiger charge is -2.32. The van der Waals surface area contributed by atoms with E-state index in [1.54, 1.807) is 0 Å². The second-order valence-electron chi connectivity index (χ2n) is 5.62. The summed E-state index contributed by atoms with van der Waals surface area (Å²) in [4.78, 5) is 0. The highest BCUT2D eigenvalue weighted by molar-refractivity contribution is 5.17. The number of rotatable bonds is 3. The maximum atomic E-state index is 13.0. The molecule has 0 saturated heterocycles. The Morgan fingerprint density at radius 2 is 1.72 bits per heavy atom. The van der Waals surface area contributed by atoms with Crippen LogP contribution in [0.5, 0.6) is 0 Å². The smallest absolute Gasteiger partial charge is 0.126 e. The third-order valence-corrected chi connectivity index (χ3v) is 4.12. The Kier molecular flexibility index (Phi) is 4.33. The summed E-state index contributed by atoms with van der Waals surface area (Å²) in [5.74, 6) is 0.505. The molecule has 0 amide bonds. The molecule has 0 aliphatic heterocycles. The lowest BCUT2D eigenvalue weighted by Crippen LogP contribution is -2.35. The van der Waals surface area contributed by atoms with Gasteiger partial charge in [-0.25, -0.2) is 8.78 Å². The third kappa shape index (κ3) is 3.52. The molecular weight excluding hydrogens is 232 g/mol. The Balaban J connectivity index is 1.88. The minimum Gasteiger partial charge on any atom is -0.310 e. The highest BCUT2D eigenvalue weighted by Crippen LogP contribution is 2.29. The van der Waals surface area contributed by atoms with Gasteiger partial charge in [0, 0.05) is 18.7 Å². The molecule has 1 fully saturated rings. The number of nitrogens with one attached hydrogen (secondary N) is 1. The topological polar surface area (TPSA) is 12.0 Å². The van der Waals surface area contributed by atoms with E-state index in [1.165, 1.54) is 18.6 Å². The zero-order valence-corrected chi connectivity index (χ0v) is 11.0. The Hall–Kier alpha value is -0.960. The SMILES string of the molecule is CC1CCC(NCc2cc(F)cc(F)c2)CC1C. The lowest BCUT2D eigenvalue weighted by atomic mass is 9.79. The molecule has 3 heteroatoms. The zero-order chi connectivity index (χ0) is 13.1. The van der Waals surface area contributed by atoms with Crippen LogP contribution in [0, 0.1) is 23.5 Å². The minimum atomic E-state index is -0.502. The van der Waals surface area contributed by atoms with E-state index in [-0.39, 0.29) is 0 Å². The van der Waals surface area contributed by atoms with Crippen molar-refractivity contribution in [2.24, 2.45) is 11.8 Å². The third-order valence-electron chi connectivity index (χ3n) is 4.12. The first kappa shape index (κ1) is 13.5. The predicted octanol–water partition coefficient (Wildman–Crippen LogP) is 3.88. The first-order chi connectivity index (χ1) is 8.54. The molecule has 3 unspecified atom stereocenters. The van der Waals surface area contributed by atoms with Gasteiger partial charge in [-0.05, 0) is 48.8 Å². The van der Waals surface area contributed by atoms with E-state index < -0.39 is 11.6 Å². The average Bonchev–Trinajstić information content (AvgIpc) is 2.29. The first-order valence-corrected chi connectivity index (χ1v) is 6.73. The molecule has 1 nitrogen and oxygen atoms in total. The van der Waals surface area contributed by atoms with Gasteiger partial charge < -0.3 is 5.32 Å². The van der Waals surface area contributed by atoms with Crippen LogP contribution in [0.2, 0.25) is 0 Å². The lowest BCUT2D eigenvalue weighted by molar-refractivity contribution is 0.225. The highest BCUT2D eigenvalue weighted by atomic mass is 19.1. The molecule has 0 bridgehead atoms. The van der Waals surface area contributed by atoms with E-state index in [2.05, 4.69) is 19.2 Å². The summed E-state index contributed by atoms with van der Waals surface area (Å²) in [6.07, 6.45) is 3.54. The van der Waals surface area contributed by atoms with Gasteiger partial charge in [0.15, 0.2) is 0 Å². The molecule has 2 rings (SSSR count). The van der Waals surface area contributed by atoms with Gasteiger partial charge in [-0.15, -0.1) is 0 Å². The van der Waals surface area contributed by atoms with Crippen molar-refractivity contribution in [3.63, 3.8) is 0 Å². The van der Waals surface area contributed by atoms with Crippen LogP contribution in [0.15, 0.2) is 18.2 Å². The van der Waals surface area contributed by atoms with Crippen LogP contribution in [0.25, 0.3) is 0 Å². The maximum absolute atomic E-state index is 13.0. The zero-order valence-electron chi connectivity index (χ0n) is 11.0. The molecular formula is C15H21F2N. The molecule has 18 heavy (non-hydrogen) atoms. The minimum absolute atomic E-state index is 0.475. The Labute approximate surface area is 108 Å². The van der Waals surface area contributed by atoms with Crippen molar-refractivity contribution < 1.29 is 8.78 Å². The van der Waals surface area contributed by atoms with E-state index in [1.807, 2.05) is 0 Å². The molecule has 1 aliphatic carbocycles. The maximum Gasteiger partial charge on any atom is 0.126 e. The Morgan fingerprint density at radius 3 is 2.33 bits per heavy atom. The summed E-state index contributed by atoms with van der Waals surface area (Å²) < 4.78 is 26.1. The van der Waals surface area contributed by atoms with Crippen LogP contribution in [-0.4, -0.2) is 6.04 Å². The average molecular weight is 253 g/mol. The van der Waals surface area contributed by atoms with Crippen LogP contribution >= 0.6 is 0 Å². The van der Waals surface area contributed by atoms with Crippen LogP contribution < -0.4 is 5.32 Å². The summed E-state index contributed by atoms with van der Waals surface area (Å²) >= 11 is 0. The van der Waals surface area contributed by atoms with Gasteiger partial charge in [0.05, 0.1) is 0 Å². The van der Waals surface area contributed by atoms with Crippen molar-refractivity contribution in [3.8, 4) is 0 Å². The van der Waals surface area contributed by atoms with E-state index >= 15 is 0 Å². The predicted molar refractivity (Wildman–Crippen MR) is 69.2 cm³/mol. The summed E-state index contributed by atoms with van der Waals surface area (Å²) in [5.41, 5.74) is 0.679. The number of hydrogen-bond donors (Lipinski definition) is 1. The fourth-order valence-corrected chi connectivity index (χ4v) is 2.71. The van der Waals surface area contributed by atoms with Crippen LogP contribution in [0.1, 0.15) is 38.7 Å². The number of benzene rings is 1. The second kappa shape index (κ2) is 5.79. The normalized spacial score (nSPS) is 28.3. The van der Waals surface area contributed by atoms with Gasteiger partial charge in [-0.2, -0.15) is 0 Å². The molecule has 0 radical (unpaired) electrons. The van der Waals surface area contributed by atoms with E-state index in [9.17, 15) is 8.78 Å². The molecule has 1 aromatic rings. The van der Waals surface area contributed by atoms with Gasteiger partial charge >= 0.3 is 0 Å². The monoisotopic (exact) mass is 253 g/mol. The standard InChI is InChI=1S/C15H21F2N/c1-10-3-4-15(5-11(10)2)18-9-12-6-13(16)8-14(17)7-12/h6-8,10-11,15,18H,3-5,9H2,1-2H3. The molecule has 1 aliphatic rings. The van der Waals surface area contributed by atoms with Crippen molar-refractivity contribution in [2.45, 2.75) is 45.7 Å². The van der Waals surface area contributed by atoms with Gasteiger partial charge in [0.25, 0.3) is 0 Å². The molecule has 0 spiro atoms. The van der Waals surface area contributed by atoms with E-state index in [4.69, 9.17) is 0 Å². The van der Waals surface area contributed by atoms with Gasteiger partial charge in [-0.1, -0.05) is 13.8 Å². The molecule has 0 aromatic heterocycles. The summed E-state index contributed by atoms with van der Waals surface area (Å²) in [5, 5.41) is 3.41. The molecule has 1 N–H and O–H groups in total. The molecule has 1 aromatic carbocycles. The summed E-state index contributed by atoms with van der Waals surface area (Å²) in [7, 11) is 0. The molecule has 100 valence electrons. The van der Waals surface area contributed by atoms with Gasteiger partial charge in [0.1, 0.15) is 11.6 Å².